The molecule has 0 saturated carbocycles. The van der Waals surface area contributed by atoms with Crippen LogP contribution in [-0.4, -0.2) is 43.5 Å². The molecule has 2 amide bonds. The van der Waals surface area contributed by atoms with Crippen LogP contribution in [0.2, 0.25) is 0 Å². The van der Waals surface area contributed by atoms with Crippen molar-refractivity contribution in [3.05, 3.63) is 23.9 Å². The lowest BCUT2D eigenvalue weighted by atomic mass is 10.2. The monoisotopic (exact) mass is 304 g/mol. The normalized spacial score (nSPS) is 15.0. The molecule has 0 aliphatic carbocycles. The summed E-state index contributed by atoms with van der Waals surface area (Å²) in [4.78, 5) is 28.9. The molecular formula is C16H24N4O2. The van der Waals surface area contributed by atoms with Gasteiger partial charge in [0.15, 0.2) is 0 Å². The van der Waals surface area contributed by atoms with Crippen molar-refractivity contribution in [2.45, 2.75) is 32.1 Å². The molecule has 6 nitrogen and oxygen atoms in total. The molecule has 1 saturated heterocycles. The molecule has 0 spiro atoms. The minimum Gasteiger partial charge on any atom is -0.359 e. The van der Waals surface area contributed by atoms with E-state index in [1.54, 1.807) is 12.3 Å². The second-order valence-electron chi connectivity index (χ2n) is 5.49. The molecule has 0 bridgehead atoms. The maximum atomic E-state index is 12.1. The van der Waals surface area contributed by atoms with Gasteiger partial charge in [0, 0.05) is 37.9 Å². The number of aromatic nitrogens is 1. The first-order chi connectivity index (χ1) is 10.8. The summed E-state index contributed by atoms with van der Waals surface area (Å²) in [6.07, 6.45) is 7.98. The molecule has 1 aromatic rings. The maximum Gasteiger partial charge on any atom is 0.251 e. The number of hydrogen-bond acceptors (Lipinski definition) is 4. The summed E-state index contributed by atoms with van der Waals surface area (Å²) in [5.41, 5.74) is 0.637. The van der Waals surface area contributed by atoms with Crippen LogP contribution in [0.4, 0.5) is 5.82 Å². The van der Waals surface area contributed by atoms with E-state index in [-0.39, 0.29) is 5.91 Å². The van der Waals surface area contributed by atoms with Crippen LogP contribution in [0.15, 0.2) is 18.3 Å². The van der Waals surface area contributed by atoms with Crippen LogP contribution in [0.25, 0.3) is 0 Å². The summed E-state index contributed by atoms with van der Waals surface area (Å²) < 4.78 is 0. The molecule has 2 heterocycles. The van der Waals surface area contributed by atoms with Gasteiger partial charge < -0.3 is 15.5 Å². The highest BCUT2D eigenvalue weighted by Crippen LogP contribution is 2.18. The topological polar surface area (TPSA) is 74.3 Å². The van der Waals surface area contributed by atoms with E-state index >= 15 is 0 Å². The molecule has 1 aliphatic heterocycles. The summed E-state index contributed by atoms with van der Waals surface area (Å²) in [6.45, 7) is 3.13. The Morgan fingerprint density at radius 1 is 1.23 bits per heavy atom. The average Bonchev–Trinajstić information content (AvgIpc) is 2.84. The SMILES string of the molecule is O=CNCCCNC(=O)c1ccnc(N2CCCCCC2)c1. The van der Waals surface area contributed by atoms with Gasteiger partial charge in [0.05, 0.1) is 0 Å². The molecule has 2 rings (SSSR count). The Balaban J connectivity index is 1.89. The Morgan fingerprint density at radius 3 is 2.73 bits per heavy atom. The summed E-state index contributed by atoms with van der Waals surface area (Å²) in [5.74, 6) is 0.793. The van der Waals surface area contributed by atoms with Gasteiger partial charge in [-0.3, -0.25) is 9.59 Å². The fourth-order valence-corrected chi connectivity index (χ4v) is 2.59. The third kappa shape index (κ3) is 5.02. The van der Waals surface area contributed by atoms with Crippen molar-refractivity contribution in [1.82, 2.24) is 15.6 Å². The minimum absolute atomic E-state index is 0.0930. The van der Waals surface area contributed by atoms with E-state index in [9.17, 15) is 9.59 Å². The van der Waals surface area contributed by atoms with E-state index < -0.39 is 0 Å². The summed E-state index contributed by atoms with van der Waals surface area (Å²) in [6, 6.07) is 3.60. The molecule has 6 heteroatoms. The van der Waals surface area contributed by atoms with Crippen molar-refractivity contribution in [2.75, 3.05) is 31.1 Å². The molecule has 1 aromatic heterocycles. The quantitative estimate of drug-likeness (QED) is 0.589. The van der Waals surface area contributed by atoms with E-state index in [0.29, 0.717) is 31.5 Å². The summed E-state index contributed by atoms with van der Waals surface area (Å²) >= 11 is 0. The third-order valence-electron chi connectivity index (χ3n) is 3.80. The average molecular weight is 304 g/mol. The zero-order chi connectivity index (χ0) is 15.6. The Hall–Kier alpha value is -2.11. The minimum atomic E-state index is -0.0930. The Morgan fingerprint density at radius 2 is 2.00 bits per heavy atom. The van der Waals surface area contributed by atoms with Gasteiger partial charge in [-0.2, -0.15) is 0 Å². The van der Waals surface area contributed by atoms with Crippen LogP contribution in [0, 0.1) is 0 Å². The summed E-state index contributed by atoms with van der Waals surface area (Å²) in [7, 11) is 0. The van der Waals surface area contributed by atoms with E-state index in [0.717, 1.165) is 18.9 Å². The zero-order valence-electron chi connectivity index (χ0n) is 12.9. The lowest BCUT2D eigenvalue weighted by molar-refractivity contribution is -0.109. The number of hydrogen-bond donors (Lipinski definition) is 2. The van der Waals surface area contributed by atoms with Crippen molar-refractivity contribution in [2.24, 2.45) is 0 Å². The van der Waals surface area contributed by atoms with Crippen LogP contribution in [-0.2, 0) is 4.79 Å². The lowest BCUT2D eigenvalue weighted by Crippen LogP contribution is -2.28. The fourth-order valence-electron chi connectivity index (χ4n) is 2.59. The molecule has 22 heavy (non-hydrogen) atoms. The summed E-state index contributed by atoms with van der Waals surface area (Å²) in [5, 5.41) is 5.43. The number of carbonyl (C=O) groups is 2. The fraction of sp³-hybridized carbons (Fsp3) is 0.562. The van der Waals surface area contributed by atoms with Crippen molar-refractivity contribution in [1.29, 1.82) is 0 Å². The van der Waals surface area contributed by atoms with E-state index in [1.807, 2.05) is 6.07 Å². The van der Waals surface area contributed by atoms with Gasteiger partial charge in [0.25, 0.3) is 5.91 Å². The van der Waals surface area contributed by atoms with Crippen LogP contribution in [0.5, 0.6) is 0 Å². The number of carbonyl (C=O) groups excluding carboxylic acids is 2. The molecule has 1 fully saturated rings. The first-order valence-corrected chi connectivity index (χ1v) is 7.97. The smallest absolute Gasteiger partial charge is 0.251 e. The van der Waals surface area contributed by atoms with Gasteiger partial charge in [-0.15, -0.1) is 0 Å². The molecule has 0 radical (unpaired) electrons. The molecule has 2 N–H and O–H groups in total. The first-order valence-electron chi connectivity index (χ1n) is 7.97. The van der Waals surface area contributed by atoms with Crippen LogP contribution in [0.3, 0.4) is 0 Å². The number of nitrogens with one attached hydrogen (secondary N) is 2. The van der Waals surface area contributed by atoms with Gasteiger partial charge in [-0.05, 0) is 31.4 Å². The van der Waals surface area contributed by atoms with E-state index in [1.165, 1.54) is 25.7 Å². The molecule has 0 aromatic carbocycles. The standard InChI is InChI=1S/C16H24N4O2/c21-13-17-7-5-8-19-16(22)14-6-9-18-15(12-14)20-10-3-1-2-4-11-20/h6,9,12-13H,1-5,7-8,10-11H2,(H,17,21)(H,19,22). The van der Waals surface area contributed by atoms with Crippen molar-refractivity contribution in [3.63, 3.8) is 0 Å². The Labute approximate surface area is 131 Å². The second-order valence-corrected chi connectivity index (χ2v) is 5.49. The maximum absolute atomic E-state index is 12.1. The first kappa shape index (κ1) is 16.3. The van der Waals surface area contributed by atoms with Gasteiger partial charge in [-0.1, -0.05) is 12.8 Å². The Kier molecular flexibility index (Phi) is 6.67. The van der Waals surface area contributed by atoms with Crippen molar-refractivity contribution >= 4 is 18.1 Å². The highest BCUT2D eigenvalue weighted by molar-refractivity contribution is 5.94. The number of anilines is 1. The molecule has 0 atom stereocenters. The second kappa shape index (κ2) is 9.02. The molecule has 120 valence electrons. The van der Waals surface area contributed by atoms with Gasteiger partial charge in [0.1, 0.15) is 5.82 Å². The van der Waals surface area contributed by atoms with Crippen LogP contribution in [0.1, 0.15) is 42.5 Å². The number of pyridine rings is 1. The van der Waals surface area contributed by atoms with Gasteiger partial charge in [-0.25, -0.2) is 4.98 Å². The zero-order valence-corrected chi connectivity index (χ0v) is 12.9. The third-order valence-corrected chi connectivity index (χ3v) is 3.80. The van der Waals surface area contributed by atoms with Crippen molar-refractivity contribution < 1.29 is 9.59 Å². The van der Waals surface area contributed by atoms with Crippen LogP contribution < -0.4 is 15.5 Å². The lowest BCUT2D eigenvalue weighted by Gasteiger charge is -2.21. The van der Waals surface area contributed by atoms with E-state index in [2.05, 4.69) is 20.5 Å². The van der Waals surface area contributed by atoms with Gasteiger partial charge in [0.2, 0.25) is 6.41 Å². The van der Waals surface area contributed by atoms with Crippen molar-refractivity contribution in [3.8, 4) is 0 Å². The molecular weight excluding hydrogens is 280 g/mol. The highest BCUT2D eigenvalue weighted by atomic mass is 16.1. The highest BCUT2D eigenvalue weighted by Gasteiger charge is 2.13. The largest absolute Gasteiger partial charge is 0.359 e. The molecule has 0 unspecified atom stereocenters. The Bertz CT molecular complexity index is 485. The van der Waals surface area contributed by atoms with E-state index in [4.69, 9.17) is 0 Å². The molecule has 1 aliphatic rings. The number of nitrogens with zero attached hydrogens (tertiary/aromatic N) is 2. The predicted octanol–water partition coefficient (Wildman–Crippen LogP) is 1.33. The number of amides is 2. The number of rotatable bonds is 7. The van der Waals surface area contributed by atoms with Crippen LogP contribution >= 0.6 is 0 Å². The van der Waals surface area contributed by atoms with Gasteiger partial charge >= 0.3 is 0 Å². The predicted molar refractivity (Wildman–Crippen MR) is 85.9 cm³/mol.